The molecule has 1 aromatic carbocycles. The van der Waals surface area contributed by atoms with Gasteiger partial charge in [0.2, 0.25) is 5.91 Å². The topological polar surface area (TPSA) is 78.4 Å². The maximum Gasteiger partial charge on any atom is 0.333 e. The molecule has 5 heteroatoms. The van der Waals surface area contributed by atoms with Gasteiger partial charge in [0.05, 0.1) is 0 Å². The van der Waals surface area contributed by atoms with Crippen LogP contribution in [0.4, 0.5) is 0 Å². The molecule has 1 aliphatic heterocycles. The summed E-state index contributed by atoms with van der Waals surface area (Å²) in [5.74, 6) is -1.25. The van der Waals surface area contributed by atoms with Crippen molar-refractivity contribution in [3.63, 3.8) is 0 Å². The number of hydrogen-bond acceptors (Lipinski definition) is 3. The number of benzene rings is 1. The standard InChI is InChI=1S/C16H22N2O3/c1-15(8-10-17-11-9-15)13(19)18-16(2,14(20)21)12-6-4-3-5-7-12/h3-7,17H,8-11H2,1-2H3,(H,18,19)(H,20,21). The van der Waals surface area contributed by atoms with E-state index in [-0.39, 0.29) is 5.91 Å². The predicted octanol–water partition coefficient (Wildman–Crippen LogP) is 1.49. The van der Waals surface area contributed by atoms with Crippen molar-refractivity contribution in [1.29, 1.82) is 0 Å². The summed E-state index contributed by atoms with van der Waals surface area (Å²) >= 11 is 0. The summed E-state index contributed by atoms with van der Waals surface area (Å²) in [5.41, 5.74) is -1.36. The van der Waals surface area contributed by atoms with Gasteiger partial charge in [-0.15, -0.1) is 0 Å². The van der Waals surface area contributed by atoms with Crippen LogP contribution in [0.1, 0.15) is 32.3 Å². The lowest BCUT2D eigenvalue weighted by Gasteiger charge is -2.36. The van der Waals surface area contributed by atoms with E-state index < -0.39 is 16.9 Å². The zero-order valence-electron chi connectivity index (χ0n) is 12.5. The minimum atomic E-state index is -1.41. The van der Waals surface area contributed by atoms with Crippen molar-refractivity contribution in [3.8, 4) is 0 Å². The third-order valence-corrected chi connectivity index (χ3v) is 4.40. The highest BCUT2D eigenvalue weighted by Gasteiger charge is 2.42. The van der Waals surface area contributed by atoms with Crippen LogP contribution in [0.3, 0.4) is 0 Å². The molecule has 1 unspecified atom stereocenters. The molecular weight excluding hydrogens is 268 g/mol. The molecule has 3 N–H and O–H groups in total. The Balaban J connectivity index is 2.24. The number of amides is 1. The number of rotatable bonds is 4. The van der Waals surface area contributed by atoms with Crippen LogP contribution in [0.5, 0.6) is 0 Å². The first kappa shape index (κ1) is 15.5. The van der Waals surface area contributed by atoms with Crippen LogP contribution >= 0.6 is 0 Å². The molecule has 1 aromatic rings. The Kier molecular flexibility index (Phi) is 4.32. The number of carbonyl (C=O) groups excluding carboxylic acids is 1. The van der Waals surface area contributed by atoms with E-state index in [1.807, 2.05) is 13.0 Å². The lowest BCUT2D eigenvalue weighted by atomic mass is 9.79. The van der Waals surface area contributed by atoms with Crippen LogP contribution < -0.4 is 10.6 Å². The molecule has 0 aromatic heterocycles. The maximum absolute atomic E-state index is 12.6. The fourth-order valence-corrected chi connectivity index (χ4v) is 2.60. The quantitative estimate of drug-likeness (QED) is 0.785. The Hall–Kier alpha value is -1.88. The van der Waals surface area contributed by atoms with Gasteiger partial charge in [-0.05, 0) is 38.4 Å². The van der Waals surface area contributed by atoms with Crippen molar-refractivity contribution in [3.05, 3.63) is 35.9 Å². The maximum atomic E-state index is 12.6. The van der Waals surface area contributed by atoms with Crippen molar-refractivity contribution >= 4 is 11.9 Å². The first-order chi connectivity index (χ1) is 9.88. The number of carbonyl (C=O) groups is 2. The fraction of sp³-hybridized carbons (Fsp3) is 0.500. The Labute approximate surface area is 124 Å². The third kappa shape index (κ3) is 3.08. The van der Waals surface area contributed by atoms with E-state index in [1.165, 1.54) is 6.92 Å². The molecule has 1 amide bonds. The van der Waals surface area contributed by atoms with Gasteiger partial charge >= 0.3 is 5.97 Å². The van der Waals surface area contributed by atoms with Gasteiger partial charge in [0.25, 0.3) is 0 Å². The molecule has 1 atom stereocenters. The number of hydrogen-bond donors (Lipinski definition) is 3. The van der Waals surface area contributed by atoms with Gasteiger partial charge in [0.15, 0.2) is 5.54 Å². The van der Waals surface area contributed by atoms with Crippen LogP contribution in [0.25, 0.3) is 0 Å². The summed E-state index contributed by atoms with van der Waals surface area (Å²) in [4.78, 5) is 24.3. The van der Waals surface area contributed by atoms with E-state index in [0.717, 1.165) is 13.1 Å². The molecule has 114 valence electrons. The van der Waals surface area contributed by atoms with Gasteiger partial charge in [-0.25, -0.2) is 4.79 Å². The minimum absolute atomic E-state index is 0.197. The number of carboxylic acid groups (broad SMARTS) is 1. The summed E-state index contributed by atoms with van der Waals surface area (Å²) in [5, 5.41) is 15.6. The lowest BCUT2D eigenvalue weighted by molar-refractivity contribution is -0.149. The SMILES string of the molecule is CC1(C(=O)NC(C)(C(=O)O)c2ccccc2)CCNCC1. The van der Waals surface area contributed by atoms with Gasteiger partial charge in [-0.2, -0.15) is 0 Å². The van der Waals surface area contributed by atoms with Crippen molar-refractivity contribution in [2.75, 3.05) is 13.1 Å². The molecule has 1 aliphatic rings. The van der Waals surface area contributed by atoms with Crippen LogP contribution in [0.15, 0.2) is 30.3 Å². The molecule has 1 heterocycles. The normalized spacial score (nSPS) is 20.3. The molecular formula is C16H22N2O3. The lowest BCUT2D eigenvalue weighted by Crippen LogP contribution is -2.55. The molecule has 0 radical (unpaired) electrons. The third-order valence-electron chi connectivity index (χ3n) is 4.40. The van der Waals surface area contributed by atoms with Gasteiger partial charge in [-0.3, -0.25) is 4.79 Å². The first-order valence-corrected chi connectivity index (χ1v) is 7.21. The van der Waals surface area contributed by atoms with Gasteiger partial charge in [-0.1, -0.05) is 37.3 Å². The average molecular weight is 290 g/mol. The van der Waals surface area contributed by atoms with Crippen molar-refractivity contribution in [2.45, 2.75) is 32.2 Å². The van der Waals surface area contributed by atoms with Crippen molar-refractivity contribution in [2.24, 2.45) is 5.41 Å². The monoisotopic (exact) mass is 290 g/mol. The second kappa shape index (κ2) is 5.85. The van der Waals surface area contributed by atoms with Gasteiger partial charge in [0.1, 0.15) is 0 Å². The van der Waals surface area contributed by atoms with Crippen LogP contribution in [0, 0.1) is 5.41 Å². The molecule has 0 aliphatic carbocycles. The molecule has 1 saturated heterocycles. The minimum Gasteiger partial charge on any atom is -0.479 e. The summed E-state index contributed by atoms with van der Waals surface area (Å²) in [7, 11) is 0. The summed E-state index contributed by atoms with van der Waals surface area (Å²) in [6.07, 6.45) is 1.42. The van der Waals surface area contributed by atoms with E-state index in [2.05, 4.69) is 10.6 Å². The largest absolute Gasteiger partial charge is 0.479 e. The Morgan fingerprint density at radius 1 is 1.24 bits per heavy atom. The van der Waals surface area contributed by atoms with Crippen LogP contribution in [-0.4, -0.2) is 30.1 Å². The molecule has 0 bridgehead atoms. The first-order valence-electron chi connectivity index (χ1n) is 7.21. The second-order valence-corrected chi connectivity index (χ2v) is 6.06. The highest BCUT2D eigenvalue weighted by molar-refractivity contribution is 5.90. The Morgan fingerprint density at radius 3 is 2.33 bits per heavy atom. The van der Waals surface area contributed by atoms with E-state index in [0.29, 0.717) is 18.4 Å². The highest BCUT2D eigenvalue weighted by Crippen LogP contribution is 2.30. The van der Waals surface area contributed by atoms with E-state index in [4.69, 9.17) is 0 Å². The summed E-state index contributed by atoms with van der Waals surface area (Å²) in [6, 6.07) is 8.81. The Morgan fingerprint density at radius 2 is 1.81 bits per heavy atom. The van der Waals surface area contributed by atoms with Crippen molar-refractivity contribution in [1.82, 2.24) is 10.6 Å². The highest BCUT2D eigenvalue weighted by atomic mass is 16.4. The number of carboxylic acids is 1. The van der Waals surface area contributed by atoms with Crippen LogP contribution in [0.2, 0.25) is 0 Å². The van der Waals surface area contributed by atoms with E-state index in [1.54, 1.807) is 24.3 Å². The van der Waals surface area contributed by atoms with Crippen molar-refractivity contribution < 1.29 is 14.7 Å². The second-order valence-electron chi connectivity index (χ2n) is 6.06. The molecule has 21 heavy (non-hydrogen) atoms. The molecule has 5 nitrogen and oxygen atoms in total. The summed E-state index contributed by atoms with van der Waals surface area (Å²) in [6.45, 7) is 4.99. The van der Waals surface area contributed by atoms with E-state index >= 15 is 0 Å². The average Bonchev–Trinajstić information content (AvgIpc) is 2.48. The zero-order chi connectivity index (χ0) is 15.5. The molecule has 2 rings (SSSR count). The molecule has 0 saturated carbocycles. The molecule has 0 spiro atoms. The fourth-order valence-electron chi connectivity index (χ4n) is 2.60. The molecule has 1 fully saturated rings. The van der Waals surface area contributed by atoms with Gasteiger partial charge in [0, 0.05) is 5.41 Å². The number of aliphatic carboxylic acids is 1. The van der Waals surface area contributed by atoms with E-state index in [9.17, 15) is 14.7 Å². The number of piperidine rings is 1. The van der Waals surface area contributed by atoms with Gasteiger partial charge < -0.3 is 15.7 Å². The smallest absolute Gasteiger partial charge is 0.333 e. The predicted molar refractivity (Wildman–Crippen MR) is 79.8 cm³/mol. The summed E-state index contributed by atoms with van der Waals surface area (Å²) < 4.78 is 0. The Bertz CT molecular complexity index is 524. The number of nitrogens with one attached hydrogen (secondary N) is 2. The zero-order valence-corrected chi connectivity index (χ0v) is 12.5. The van der Waals surface area contributed by atoms with Crippen LogP contribution in [-0.2, 0) is 15.1 Å².